The molecule has 2 heterocycles. The number of carboxylic acid groups (broad SMARTS) is 1. The van der Waals surface area contributed by atoms with Crippen LogP contribution in [0.2, 0.25) is 0 Å². The van der Waals surface area contributed by atoms with E-state index in [-0.39, 0.29) is 18.6 Å². The molecule has 3 N–H and O–H groups in total. The maximum Gasteiger partial charge on any atom is 0.290 e. The van der Waals surface area contributed by atoms with Gasteiger partial charge in [-0.1, -0.05) is 0 Å². The second-order valence-electron chi connectivity index (χ2n) is 9.40. The fraction of sp³-hybridized carbons (Fsp3) is 0.615. The van der Waals surface area contributed by atoms with Crippen LogP contribution in [0.5, 0.6) is 11.5 Å². The quantitative estimate of drug-likeness (QED) is 0.396. The molecule has 2 aromatic rings. The highest BCUT2D eigenvalue weighted by Crippen LogP contribution is 2.40. The third kappa shape index (κ3) is 5.55. The molecule has 0 amide bonds. The normalized spacial score (nSPS) is 21.7. The number of benzene rings is 1. The maximum atomic E-state index is 10.3. The number of anilines is 1. The van der Waals surface area contributed by atoms with Gasteiger partial charge in [0.15, 0.2) is 11.5 Å². The van der Waals surface area contributed by atoms with E-state index in [1.807, 2.05) is 6.07 Å². The zero-order valence-electron chi connectivity index (χ0n) is 20.1. The maximum absolute atomic E-state index is 10.3. The minimum atomic E-state index is -0.278. The zero-order valence-corrected chi connectivity index (χ0v) is 20.1. The van der Waals surface area contributed by atoms with Gasteiger partial charge in [0, 0.05) is 18.0 Å². The van der Waals surface area contributed by atoms with Crippen molar-refractivity contribution in [3.05, 3.63) is 23.3 Å². The van der Waals surface area contributed by atoms with Crippen molar-refractivity contribution >= 4 is 23.2 Å². The second kappa shape index (κ2) is 11.7. The Kier molecular flexibility index (Phi) is 8.45. The van der Waals surface area contributed by atoms with Crippen molar-refractivity contribution in [2.24, 2.45) is 0 Å². The van der Waals surface area contributed by atoms with E-state index >= 15 is 0 Å². The highest BCUT2D eigenvalue weighted by atomic mass is 16.5. The lowest BCUT2D eigenvalue weighted by Gasteiger charge is -2.21. The Hall–Kier alpha value is -2.58. The van der Waals surface area contributed by atoms with E-state index in [9.17, 15) is 5.11 Å². The molecular formula is C26H37N3O5. The molecule has 0 unspecified atom stereocenters. The Labute approximate surface area is 201 Å². The van der Waals surface area contributed by atoms with E-state index in [1.165, 1.54) is 42.4 Å². The molecular weight excluding hydrogens is 434 g/mol. The zero-order chi connectivity index (χ0) is 23.9. The average Bonchev–Trinajstić information content (AvgIpc) is 3.60. The van der Waals surface area contributed by atoms with E-state index in [4.69, 9.17) is 24.4 Å². The molecule has 0 spiro atoms. The van der Waals surface area contributed by atoms with Crippen molar-refractivity contribution < 1.29 is 24.5 Å². The summed E-state index contributed by atoms with van der Waals surface area (Å²) in [6.07, 6.45) is 9.59. The Morgan fingerprint density at radius 2 is 1.88 bits per heavy atom. The predicted octanol–water partition coefficient (Wildman–Crippen LogP) is 3.62. The predicted molar refractivity (Wildman–Crippen MR) is 132 cm³/mol. The molecule has 186 valence electrons. The van der Waals surface area contributed by atoms with Crippen LogP contribution in [-0.4, -0.2) is 72.1 Å². The van der Waals surface area contributed by atoms with Crippen LogP contribution in [0, 0.1) is 0 Å². The Morgan fingerprint density at radius 3 is 2.59 bits per heavy atom. The van der Waals surface area contributed by atoms with Gasteiger partial charge in [-0.05, 0) is 88.1 Å². The molecule has 0 radical (unpaired) electrons. The van der Waals surface area contributed by atoms with Crippen molar-refractivity contribution in [1.82, 2.24) is 9.88 Å². The number of aryl methyl sites for hydroxylation is 1. The number of likely N-dealkylation sites (tertiary alicyclic amines) is 1. The Morgan fingerprint density at radius 1 is 1.12 bits per heavy atom. The summed E-state index contributed by atoms with van der Waals surface area (Å²) in [6, 6.07) is 4.25. The fourth-order valence-corrected chi connectivity index (χ4v) is 5.53. The lowest BCUT2D eigenvalue weighted by atomic mass is 10.0. The minimum absolute atomic E-state index is 0.106. The van der Waals surface area contributed by atoms with Crippen LogP contribution in [0.25, 0.3) is 10.9 Å². The number of aliphatic hydroxyl groups is 1. The van der Waals surface area contributed by atoms with Crippen molar-refractivity contribution in [3.8, 4) is 11.5 Å². The molecule has 1 aliphatic heterocycles. The average molecular weight is 472 g/mol. The monoisotopic (exact) mass is 471 g/mol. The van der Waals surface area contributed by atoms with E-state index in [1.54, 1.807) is 7.11 Å². The molecule has 0 bridgehead atoms. The van der Waals surface area contributed by atoms with Crippen molar-refractivity contribution in [1.29, 1.82) is 0 Å². The summed E-state index contributed by atoms with van der Waals surface area (Å²) < 4.78 is 11.8. The number of nitrogens with one attached hydrogen (secondary N) is 1. The largest absolute Gasteiger partial charge is 0.493 e. The molecule has 8 heteroatoms. The number of hydrogen-bond donors (Lipinski definition) is 3. The SMILES string of the molecule is COc1cc2c3c(c(N[C@H]4CCC[C@H]4O)nc2cc1OCCCN1CCCC1)CCC3.O=CO. The summed E-state index contributed by atoms with van der Waals surface area (Å²) in [5, 5.41) is 21.9. The molecule has 2 fully saturated rings. The molecule has 34 heavy (non-hydrogen) atoms. The third-order valence-electron chi connectivity index (χ3n) is 7.22. The number of carbonyl (C=O) groups is 1. The first-order valence-electron chi connectivity index (χ1n) is 12.6. The van der Waals surface area contributed by atoms with Gasteiger partial charge in [-0.3, -0.25) is 4.79 Å². The molecule has 1 aromatic heterocycles. The van der Waals surface area contributed by atoms with Gasteiger partial charge in [-0.15, -0.1) is 0 Å². The molecule has 1 saturated heterocycles. The molecule has 2 aliphatic carbocycles. The third-order valence-corrected chi connectivity index (χ3v) is 7.22. The molecule has 1 aromatic carbocycles. The number of aromatic nitrogens is 1. The Bertz CT molecular complexity index is 977. The number of ether oxygens (including phenoxy) is 2. The summed E-state index contributed by atoms with van der Waals surface area (Å²) >= 11 is 0. The van der Waals surface area contributed by atoms with Gasteiger partial charge in [0.2, 0.25) is 0 Å². The highest BCUT2D eigenvalue weighted by Gasteiger charge is 2.28. The van der Waals surface area contributed by atoms with Crippen LogP contribution in [0.1, 0.15) is 56.1 Å². The number of methoxy groups -OCH3 is 1. The molecule has 5 rings (SSSR count). The van der Waals surface area contributed by atoms with Crippen molar-refractivity contribution in [3.63, 3.8) is 0 Å². The summed E-state index contributed by atoms with van der Waals surface area (Å²) in [4.78, 5) is 15.9. The van der Waals surface area contributed by atoms with Gasteiger partial charge in [-0.2, -0.15) is 0 Å². The lowest BCUT2D eigenvalue weighted by molar-refractivity contribution is -0.122. The number of fused-ring (bicyclic) bond motifs is 3. The molecule has 3 aliphatic rings. The molecule has 1 saturated carbocycles. The number of rotatable bonds is 8. The summed E-state index contributed by atoms with van der Waals surface area (Å²) in [7, 11) is 1.71. The van der Waals surface area contributed by atoms with Crippen molar-refractivity contribution in [2.75, 3.05) is 38.7 Å². The highest BCUT2D eigenvalue weighted by molar-refractivity contribution is 5.89. The van der Waals surface area contributed by atoms with Gasteiger partial charge >= 0.3 is 0 Å². The van der Waals surface area contributed by atoms with E-state index in [0.29, 0.717) is 6.61 Å². The van der Waals surface area contributed by atoms with Crippen LogP contribution in [0.4, 0.5) is 5.82 Å². The first kappa shape index (κ1) is 24.5. The van der Waals surface area contributed by atoms with E-state index < -0.39 is 0 Å². The first-order chi connectivity index (χ1) is 16.6. The van der Waals surface area contributed by atoms with Crippen molar-refractivity contribution in [2.45, 2.75) is 69.9 Å². The summed E-state index contributed by atoms with van der Waals surface area (Å²) in [6.45, 7) is 3.97. The van der Waals surface area contributed by atoms with Crippen LogP contribution >= 0.6 is 0 Å². The smallest absolute Gasteiger partial charge is 0.290 e. The summed E-state index contributed by atoms with van der Waals surface area (Å²) in [5.74, 6) is 2.52. The molecule has 2 atom stereocenters. The fourth-order valence-electron chi connectivity index (χ4n) is 5.53. The topological polar surface area (TPSA) is 104 Å². The van der Waals surface area contributed by atoms with E-state index in [2.05, 4.69) is 16.3 Å². The van der Waals surface area contributed by atoms with Crippen LogP contribution in [0.3, 0.4) is 0 Å². The second-order valence-corrected chi connectivity index (χ2v) is 9.40. The van der Waals surface area contributed by atoms with Gasteiger partial charge < -0.3 is 29.9 Å². The Balaban J connectivity index is 0.000000868. The minimum Gasteiger partial charge on any atom is -0.493 e. The number of aliphatic hydroxyl groups excluding tert-OH is 1. The first-order valence-corrected chi connectivity index (χ1v) is 12.6. The van der Waals surface area contributed by atoms with Crippen LogP contribution in [0.15, 0.2) is 12.1 Å². The summed E-state index contributed by atoms with van der Waals surface area (Å²) in [5.41, 5.74) is 3.64. The van der Waals surface area contributed by atoms with Gasteiger partial charge in [-0.25, -0.2) is 4.98 Å². The number of nitrogens with zero attached hydrogens (tertiary/aromatic N) is 2. The van der Waals surface area contributed by atoms with Crippen LogP contribution < -0.4 is 14.8 Å². The van der Waals surface area contributed by atoms with Crippen LogP contribution in [-0.2, 0) is 17.6 Å². The van der Waals surface area contributed by atoms with E-state index in [0.717, 1.165) is 74.3 Å². The number of hydrogen-bond acceptors (Lipinski definition) is 7. The standard InChI is InChI=1S/C25H35N3O3.CH2O2/c1-30-23-15-19-17-7-4-8-18(17)25(26-20-9-5-10-22(20)29)27-21(19)16-24(23)31-14-6-13-28-11-2-3-12-28;2-1-3/h15-16,20,22,29H,2-14H2,1H3,(H,26,27);1H,(H,2,3)/t20-,22+;/m0./s1. The van der Waals surface area contributed by atoms with Gasteiger partial charge in [0.05, 0.1) is 31.4 Å². The van der Waals surface area contributed by atoms with Gasteiger partial charge in [0.1, 0.15) is 5.82 Å². The number of pyridine rings is 1. The molecule has 8 nitrogen and oxygen atoms in total. The van der Waals surface area contributed by atoms with Gasteiger partial charge in [0.25, 0.3) is 6.47 Å². The lowest BCUT2D eigenvalue weighted by Crippen LogP contribution is -2.29.